The largest absolute Gasteiger partial charge is 0.491 e. The zero-order chi connectivity index (χ0) is 21.2. The fourth-order valence-corrected chi connectivity index (χ4v) is 4.53. The number of aromatic nitrogens is 2. The van der Waals surface area contributed by atoms with Crippen LogP contribution in [0.15, 0.2) is 30.3 Å². The van der Waals surface area contributed by atoms with Crippen LogP contribution in [-0.2, 0) is 6.42 Å². The summed E-state index contributed by atoms with van der Waals surface area (Å²) in [6, 6.07) is 9.04. The monoisotopic (exact) mass is 412 g/mol. The molecule has 0 amide bonds. The second kappa shape index (κ2) is 12.0. The van der Waals surface area contributed by atoms with Crippen LogP contribution in [0.3, 0.4) is 0 Å². The number of unbranched alkanes of at least 4 members (excludes halogenated alkanes) is 2. The Balaban J connectivity index is 1.49. The van der Waals surface area contributed by atoms with Crippen molar-refractivity contribution >= 4 is 0 Å². The second-order valence-electron chi connectivity index (χ2n) is 8.82. The summed E-state index contributed by atoms with van der Waals surface area (Å²) in [6.07, 6.45) is 13.6. The first-order valence-corrected chi connectivity index (χ1v) is 11.9. The first-order chi connectivity index (χ1) is 14.7. The molecule has 0 spiro atoms. The summed E-state index contributed by atoms with van der Waals surface area (Å²) in [5, 5.41) is 8.75. The Morgan fingerprint density at radius 3 is 2.30 bits per heavy atom. The highest BCUT2D eigenvalue weighted by Gasteiger charge is 2.20. The minimum absolute atomic E-state index is 0.313. The average molecular weight is 413 g/mol. The van der Waals surface area contributed by atoms with E-state index in [1.165, 1.54) is 51.0 Å². The molecular weight excluding hydrogens is 375 g/mol. The van der Waals surface area contributed by atoms with Gasteiger partial charge in [0.25, 0.3) is 0 Å². The van der Waals surface area contributed by atoms with Crippen LogP contribution in [0.1, 0.15) is 83.7 Å². The molecule has 1 aliphatic rings. The van der Waals surface area contributed by atoms with Crippen molar-refractivity contribution in [2.75, 3.05) is 6.61 Å². The summed E-state index contributed by atoms with van der Waals surface area (Å²) < 4.78 is 19.9. The molecule has 1 aromatic carbocycles. The van der Waals surface area contributed by atoms with Crippen LogP contribution in [-0.4, -0.2) is 16.8 Å². The molecular formula is C26H37FN2O. The van der Waals surface area contributed by atoms with E-state index in [9.17, 15) is 4.39 Å². The number of aryl methyl sites for hydroxylation is 1. The maximum Gasteiger partial charge on any atom is 0.165 e. The SMILES string of the molecule is CCCCCOc1ccc(-c2ccc(CCC3CCC(CCC)CC3)nn2)cc1F. The Bertz CT molecular complexity index is 754. The molecule has 0 saturated heterocycles. The third-order valence-electron chi connectivity index (χ3n) is 6.42. The van der Waals surface area contributed by atoms with Crippen molar-refractivity contribution in [2.45, 2.75) is 84.5 Å². The number of benzene rings is 1. The third kappa shape index (κ3) is 6.78. The quantitative estimate of drug-likeness (QED) is 0.361. The number of halogens is 1. The molecule has 164 valence electrons. The van der Waals surface area contributed by atoms with E-state index in [2.05, 4.69) is 24.0 Å². The van der Waals surface area contributed by atoms with Crippen LogP contribution in [0.2, 0.25) is 0 Å². The molecule has 0 bridgehead atoms. The number of rotatable bonds is 11. The van der Waals surface area contributed by atoms with Crippen molar-refractivity contribution in [3.8, 4) is 17.0 Å². The van der Waals surface area contributed by atoms with Crippen molar-refractivity contribution < 1.29 is 9.13 Å². The Labute approximate surface area is 181 Å². The van der Waals surface area contributed by atoms with Crippen LogP contribution < -0.4 is 4.74 Å². The molecule has 1 aliphatic carbocycles. The summed E-state index contributed by atoms with van der Waals surface area (Å²) in [4.78, 5) is 0. The van der Waals surface area contributed by atoms with Crippen LogP contribution in [0.4, 0.5) is 4.39 Å². The van der Waals surface area contributed by atoms with Gasteiger partial charge < -0.3 is 4.74 Å². The summed E-state index contributed by atoms with van der Waals surface area (Å²) in [5.41, 5.74) is 2.47. The van der Waals surface area contributed by atoms with Crippen molar-refractivity contribution in [1.82, 2.24) is 10.2 Å². The van der Waals surface area contributed by atoms with Gasteiger partial charge in [0, 0.05) is 5.56 Å². The fraction of sp³-hybridized carbons (Fsp3) is 0.615. The normalized spacial score (nSPS) is 19.0. The summed E-state index contributed by atoms with van der Waals surface area (Å²) in [6.45, 7) is 4.98. The van der Waals surface area contributed by atoms with E-state index >= 15 is 0 Å². The highest BCUT2D eigenvalue weighted by atomic mass is 19.1. The van der Waals surface area contributed by atoms with Crippen molar-refractivity contribution in [1.29, 1.82) is 0 Å². The van der Waals surface area contributed by atoms with Crippen LogP contribution in [0, 0.1) is 17.7 Å². The predicted octanol–water partition coefficient (Wildman–Crippen LogP) is 7.39. The molecule has 0 radical (unpaired) electrons. The first kappa shape index (κ1) is 22.7. The van der Waals surface area contributed by atoms with Gasteiger partial charge in [0.05, 0.1) is 18.0 Å². The third-order valence-corrected chi connectivity index (χ3v) is 6.42. The highest BCUT2D eigenvalue weighted by Crippen LogP contribution is 2.33. The first-order valence-electron chi connectivity index (χ1n) is 11.9. The van der Waals surface area contributed by atoms with Crippen molar-refractivity contribution in [3.63, 3.8) is 0 Å². The number of hydrogen-bond acceptors (Lipinski definition) is 3. The smallest absolute Gasteiger partial charge is 0.165 e. The van der Waals surface area contributed by atoms with E-state index in [0.29, 0.717) is 18.1 Å². The van der Waals surface area contributed by atoms with Crippen LogP contribution in [0.5, 0.6) is 5.75 Å². The maximum atomic E-state index is 14.4. The molecule has 4 heteroatoms. The molecule has 1 fully saturated rings. The molecule has 0 aliphatic heterocycles. The van der Waals surface area contributed by atoms with Crippen LogP contribution in [0.25, 0.3) is 11.3 Å². The lowest BCUT2D eigenvalue weighted by Gasteiger charge is -2.28. The van der Waals surface area contributed by atoms with E-state index < -0.39 is 0 Å². The molecule has 30 heavy (non-hydrogen) atoms. The van der Waals surface area contributed by atoms with Crippen molar-refractivity contribution in [3.05, 3.63) is 41.8 Å². The summed E-state index contributed by atoms with van der Waals surface area (Å²) >= 11 is 0. The lowest BCUT2D eigenvalue weighted by molar-refractivity contribution is 0.252. The van der Waals surface area contributed by atoms with E-state index in [-0.39, 0.29) is 5.82 Å². The molecule has 0 atom stereocenters. The van der Waals surface area contributed by atoms with E-state index in [1.54, 1.807) is 6.07 Å². The Hall–Kier alpha value is -1.97. The zero-order valence-electron chi connectivity index (χ0n) is 18.7. The number of hydrogen-bond donors (Lipinski definition) is 0. The van der Waals surface area contributed by atoms with Gasteiger partial charge in [-0.25, -0.2) is 4.39 Å². The van der Waals surface area contributed by atoms with E-state index in [0.717, 1.165) is 48.8 Å². The second-order valence-corrected chi connectivity index (χ2v) is 8.82. The predicted molar refractivity (Wildman–Crippen MR) is 121 cm³/mol. The standard InChI is InChI=1S/C26H37FN2O/c1-3-5-6-18-30-26-17-13-22(19-24(26)27)25-16-15-23(28-29-25)14-12-21-10-8-20(7-4-2)9-11-21/h13,15-17,19-21H,3-12,14,18H2,1-2H3. The minimum Gasteiger partial charge on any atom is -0.491 e. The van der Waals surface area contributed by atoms with Gasteiger partial charge in [-0.1, -0.05) is 65.2 Å². The summed E-state index contributed by atoms with van der Waals surface area (Å²) in [5.74, 6) is 1.76. The van der Waals surface area contributed by atoms with Gasteiger partial charge in [0.1, 0.15) is 0 Å². The lowest BCUT2D eigenvalue weighted by atomic mass is 9.78. The molecule has 3 nitrogen and oxygen atoms in total. The van der Waals surface area contributed by atoms with Gasteiger partial charge in [0.15, 0.2) is 11.6 Å². The Kier molecular flexibility index (Phi) is 9.10. The summed E-state index contributed by atoms with van der Waals surface area (Å²) in [7, 11) is 0. The van der Waals surface area contributed by atoms with E-state index in [1.807, 2.05) is 18.2 Å². The van der Waals surface area contributed by atoms with Gasteiger partial charge in [-0.2, -0.15) is 10.2 Å². The van der Waals surface area contributed by atoms with Gasteiger partial charge in [-0.05, 0) is 61.4 Å². The maximum absolute atomic E-state index is 14.4. The van der Waals surface area contributed by atoms with Crippen molar-refractivity contribution in [2.24, 2.45) is 11.8 Å². The molecule has 1 saturated carbocycles. The number of nitrogens with zero attached hydrogens (tertiary/aromatic N) is 2. The number of ether oxygens (including phenoxy) is 1. The molecule has 0 unspecified atom stereocenters. The van der Waals surface area contributed by atoms with Gasteiger partial charge in [-0.3, -0.25) is 0 Å². The topological polar surface area (TPSA) is 35.0 Å². The molecule has 1 aromatic heterocycles. The molecule has 1 heterocycles. The molecule has 2 aromatic rings. The highest BCUT2D eigenvalue weighted by molar-refractivity contribution is 5.59. The minimum atomic E-state index is -0.339. The van der Waals surface area contributed by atoms with Gasteiger partial charge >= 0.3 is 0 Å². The molecule has 0 N–H and O–H groups in total. The van der Waals surface area contributed by atoms with Crippen LogP contribution >= 0.6 is 0 Å². The van der Waals surface area contributed by atoms with Gasteiger partial charge in [-0.15, -0.1) is 0 Å². The average Bonchev–Trinajstić information content (AvgIpc) is 2.78. The fourth-order valence-electron chi connectivity index (χ4n) is 4.53. The molecule has 3 rings (SSSR count). The lowest BCUT2D eigenvalue weighted by Crippen LogP contribution is -2.15. The van der Waals surface area contributed by atoms with Gasteiger partial charge in [0.2, 0.25) is 0 Å². The zero-order valence-corrected chi connectivity index (χ0v) is 18.7. The Morgan fingerprint density at radius 2 is 1.67 bits per heavy atom. The van der Waals surface area contributed by atoms with E-state index in [4.69, 9.17) is 4.74 Å². The Morgan fingerprint density at radius 1 is 0.900 bits per heavy atom.